The number of benzene rings is 1. The van der Waals surface area contributed by atoms with E-state index in [2.05, 4.69) is 0 Å². The van der Waals surface area contributed by atoms with Crippen molar-refractivity contribution < 1.29 is 9.18 Å². The zero-order valence-electron chi connectivity index (χ0n) is 9.25. The smallest absolute Gasteiger partial charge is 0.143 e. The number of hydrogen-bond donors (Lipinski definition) is 0. The SMILES string of the molecule is CC(C)(C)/C(=C/C=O)c1ccc(F)cc1. The van der Waals surface area contributed by atoms with Crippen molar-refractivity contribution in [3.63, 3.8) is 0 Å². The Labute approximate surface area is 89.6 Å². The fourth-order valence-corrected chi connectivity index (χ4v) is 1.48. The summed E-state index contributed by atoms with van der Waals surface area (Å²) in [5, 5.41) is 0. The second kappa shape index (κ2) is 4.39. The Morgan fingerprint density at radius 1 is 1.20 bits per heavy atom. The highest BCUT2D eigenvalue weighted by atomic mass is 19.1. The second-order valence-electron chi connectivity index (χ2n) is 4.47. The Balaban J connectivity index is 3.17. The minimum absolute atomic E-state index is 0.126. The number of allylic oxidation sites excluding steroid dienone is 2. The van der Waals surface area contributed by atoms with Crippen molar-refractivity contribution in [3.8, 4) is 0 Å². The summed E-state index contributed by atoms with van der Waals surface area (Å²) in [6.07, 6.45) is 2.30. The van der Waals surface area contributed by atoms with Gasteiger partial charge in [-0.1, -0.05) is 32.9 Å². The predicted molar refractivity (Wildman–Crippen MR) is 59.9 cm³/mol. The van der Waals surface area contributed by atoms with Gasteiger partial charge in [-0.15, -0.1) is 0 Å². The van der Waals surface area contributed by atoms with Crippen LogP contribution in [0.3, 0.4) is 0 Å². The van der Waals surface area contributed by atoms with Crippen molar-refractivity contribution in [1.82, 2.24) is 0 Å². The summed E-state index contributed by atoms with van der Waals surface area (Å²) in [5.74, 6) is -0.266. The summed E-state index contributed by atoms with van der Waals surface area (Å²) in [4.78, 5) is 10.6. The van der Waals surface area contributed by atoms with Gasteiger partial charge in [-0.2, -0.15) is 0 Å². The first-order valence-electron chi connectivity index (χ1n) is 4.87. The first kappa shape index (κ1) is 11.6. The molecule has 0 saturated heterocycles. The number of carbonyl (C=O) groups is 1. The Bertz CT molecular complexity index is 369. The summed E-state index contributed by atoms with van der Waals surface area (Å²) in [6, 6.07) is 6.19. The Kier molecular flexibility index (Phi) is 3.40. The molecule has 0 aliphatic rings. The molecule has 0 N–H and O–H groups in total. The van der Waals surface area contributed by atoms with Gasteiger partial charge in [0.05, 0.1) is 0 Å². The van der Waals surface area contributed by atoms with Gasteiger partial charge in [0.1, 0.15) is 12.1 Å². The van der Waals surface area contributed by atoms with E-state index in [1.165, 1.54) is 18.2 Å². The second-order valence-corrected chi connectivity index (χ2v) is 4.47. The molecule has 2 heteroatoms. The van der Waals surface area contributed by atoms with Crippen LogP contribution in [0.1, 0.15) is 26.3 Å². The predicted octanol–water partition coefficient (Wildman–Crippen LogP) is 3.45. The summed E-state index contributed by atoms with van der Waals surface area (Å²) >= 11 is 0. The maximum Gasteiger partial charge on any atom is 0.143 e. The van der Waals surface area contributed by atoms with Gasteiger partial charge in [0.2, 0.25) is 0 Å². The third-order valence-corrected chi connectivity index (χ3v) is 2.20. The first-order chi connectivity index (χ1) is 6.95. The molecular weight excluding hydrogens is 191 g/mol. The Morgan fingerprint density at radius 3 is 2.13 bits per heavy atom. The fraction of sp³-hybridized carbons (Fsp3) is 0.308. The minimum Gasteiger partial charge on any atom is -0.299 e. The zero-order valence-corrected chi connectivity index (χ0v) is 9.25. The molecule has 0 fully saturated rings. The molecule has 0 radical (unpaired) electrons. The summed E-state index contributed by atoms with van der Waals surface area (Å²) < 4.78 is 12.7. The molecule has 80 valence electrons. The van der Waals surface area contributed by atoms with Crippen molar-refractivity contribution in [2.45, 2.75) is 20.8 Å². The molecule has 0 atom stereocenters. The van der Waals surface area contributed by atoms with Crippen LogP contribution in [0.5, 0.6) is 0 Å². The number of aldehydes is 1. The lowest BCUT2D eigenvalue weighted by molar-refractivity contribution is -0.104. The molecule has 1 rings (SSSR count). The molecule has 1 nitrogen and oxygen atoms in total. The van der Waals surface area contributed by atoms with Crippen LogP contribution in [0.25, 0.3) is 5.57 Å². The van der Waals surface area contributed by atoms with Crippen LogP contribution in [0.15, 0.2) is 30.3 Å². The van der Waals surface area contributed by atoms with Gasteiger partial charge in [-0.3, -0.25) is 4.79 Å². The largest absolute Gasteiger partial charge is 0.299 e. The van der Waals surface area contributed by atoms with Crippen LogP contribution in [0.4, 0.5) is 4.39 Å². The molecule has 0 amide bonds. The van der Waals surface area contributed by atoms with Gasteiger partial charge in [0.15, 0.2) is 0 Å². The average molecular weight is 206 g/mol. The van der Waals surface area contributed by atoms with Crippen molar-refractivity contribution in [3.05, 3.63) is 41.7 Å². The van der Waals surface area contributed by atoms with E-state index in [9.17, 15) is 9.18 Å². The zero-order chi connectivity index (χ0) is 11.5. The van der Waals surface area contributed by atoms with Gasteiger partial charge in [-0.25, -0.2) is 4.39 Å². The van der Waals surface area contributed by atoms with E-state index in [0.29, 0.717) is 0 Å². The maximum atomic E-state index is 12.7. The highest BCUT2D eigenvalue weighted by Crippen LogP contribution is 2.33. The number of rotatable bonds is 2. The van der Waals surface area contributed by atoms with Crippen LogP contribution in [-0.4, -0.2) is 6.29 Å². The Morgan fingerprint density at radius 2 is 1.73 bits per heavy atom. The molecule has 0 aromatic heterocycles. The minimum atomic E-state index is -0.266. The van der Waals surface area contributed by atoms with Crippen LogP contribution < -0.4 is 0 Å². The highest BCUT2D eigenvalue weighted by molar-refractivity contribution is 5.83. The molecule has 0 saturated carbocycles. The van der Waals surface area contributed by atoms with E-state index in [-0.39, 0.29) is 11.2 Å². The van der Waals surface area contributed by atoms with E-state index < -0.39 is 0 Å². The van der Waals surface area contributed by atoms with Crippen molar-refractivity contribution >= 4 is 11.9 Å². The molecule has 1 aromatic carbocycles. The van der Waals surface area contributed by atoms with Crippen molar-refractivity contribution in [2.24, 2.45) is 5.41 Å². The van der Waals surface area contributed by atoms with Gasteiger partial charge in [-0.05, 0) is 34.8 Å². The van der Waals surface area contributed by atoms with Crippen molar-refractivity contribution in [1.29, 1.82) is 0 Å². The molecule has 0 heterocycles. The van der Waals surface area contributed by atoms with E-state index in [4.69, 9.17) is 0 Å². The van der Waals surface area contributed by atoms with E-state index in [1.54, 1.807) is 12.1 Å². The van der Waals surface area contributed by atoms with E-state index >= 15 is 0 Å². The molecule has 0 spiro atoms. The topological polar surface area (TPSA) is 17.1 Å². The lowest BCUT2D eigenvalue weighted by atomic mass is 9.82. The lowest BCUT2D eigenvalue weighted by Gasteiger charge is -2.22. The van der Waals surface area contributed by atoms with Crippen LogP contribution >= 0.6 is 0 Å². The third-order valence-electron chi connectivity index (χ3n) is 2.20. The number of halogens is 1. The van der Waals surface area contributed by atoms with Gasteiger partial charge in [0.25, 0.3) is 0 Å². The van der Waals surface area contributed by atoms with Gasteiger partial charge in [0, 0.05) is 0 Å². The number of hydrogen-bond acceptors (Lipinski definition) is 1. The highest BCUT2D eigenvalue weighted by Gasteiger charge is 2.18. The molecular formula is C13H15FO. The number of carbonyl (C=O) groups excluding carboxylic acids is 1. The van der Waals surface area contributed by atoms with E-state index in [0.717, 1.165) is 17.4 Å². The molecule has 1 aromatic rings. The normalized spacial score (nSPS) is 12.7. The van der Waals surface area contributed by atoms with Crippen LogP contribution in [0.2, 0.25) is 0 Å². The molecule has 0 aliphatic carbocycles. The summed E-state index contributed by atoms with van der Waals surface area (Å²) in [7, 11) is 0. The maximum absolute atomic E-state index is 12.7. The molecule has 0 unspecified atom stereocenters. The van der Waals surface area contributed by atoms with Crippen molar-refractivity contribution in [2.75, 3.05) is 0 Å². The van der Waals surface area contributed by atoms with Crippen LogP contribution in [-0.2, 0) is 4.79 Å². The molecule has 15 heavy (non-hydrogen) atoms. The molecule has 0 aliphatic heterocycles. The van der Waals surface area contributed by atoms with Gasteiger partial charge < -0.3 is 0 Å². The summed E-state index contributed by atoms with van der Waals surface area (Å²) in [6.45, 7) is 6.06. The average Bonchev–Trinajstić information content (AvgIpc) is 2.14. The third kappa shape index (κ3) is 3.01. The quantitative estimate of drug-likeness (QED) is 0.535. The Hall–Kier alpha value is -1.44. The van der Waals surface area contributed by atoms with Gasteiger partial charge >= 0.3 is 0 Å². The monoisotopic (exact) mass is 206 g/mol. The standard InChI is InChI=1S/C13H15FO/c1-13(2,3)12(8-9-15)10-4-6-11(14)7-5-10/h4-9H,1-3H3/b12-8+. The van der Waals surface area contributed by atoms with Crippen LogP contribution in [0, 0.1) is 11.2 Å². The molecule has 0 bridgehead atoms. The fourth-order valence-electron chi connectivity index (χ4n) is 1.48. The lowest BCUT2D eigenvalue weighted by Crippen LogP contribution is -2.08. The summed E-state index contributed by atoms with van der Waals surface area (Å²) in [5.41, 5.74) is 1.67. The first-order valence-corrected chi connectivity index (χ1v) is 4.87. The van der Waals surface area contributed by atoms with E-state index in [1.807, 2.05) is 20.8 Å².